The lowest BCUT2D eigenvalue weighted by Gasteiger charge is -2.27. The van der Waals surface area contributed by atoms with Crippen molar-refractivity contribution in [2.24, 2.45) is 27.1 Å². The van der Waals surface area contributed by atoms with Gasteiger partial charge in [0.15, 0.2) is 11.2 Å². The molecule has 3 rings (SSSR count). The van der Waals surface area contributed by atoms with Gasteiger partial charge in [-0.1, -0.05) is 19.3 Å². The van der Waals surface area contributed by atoms with Crippen molar-refractivity contribution in [3.63, 3.8) is 0 Å². The summed E-state index contributed by atoms with van der Waals surface area (Å²) in [5, 5.41) is 0. The highest BCUT2D eigenvalue weighted by molar-refractivity contribution is 5.71. The monoisotopic (exact) mass is 320 g/mol. The van der Waals surface area contributed by atoms with E-state index in [-0.39, 0.29) is 17.4 Å². The van der Waals surface area contributed by atoms with Gasteiger partial charge in [-0.2, -0.15) is 4.98 Å². The summed E-state index contributed by atoms with van der Waals surface area (Å²) in [5.74, 6) is 0.523. The molecular weight excluding hydrogens is 296 g/mol. The van der Waals surface area contributed by atoms with Crippen LogP contribution in [0, 0.1) is 5.92 Å². The minimum atomic E-state index is -0.382. The molecule has 7 heteroatoms. The highest BCUT2D eigenvalue weighted by Crippen LogP contribution is 2.29. The van der Waals surface area contributed by atoms with Crippen LogP contribution in [0.25, 0.3) is 11.2 Å². The number of rotatable bonds is 3. The molecule has 1 atom stereocenters. The van der Waals surface area contributed by atoms with E-state index in [2.05, 4.69) is 11.9 Å². The first-order valence-electron chi connectivity index (χ1n) is 8.21. The summed E-state index contributed by atoms with van der Waals surface area (Å²) in [6, 6.07) is 0.399. The Hall–Kier alpha value is -2.05. The molecule has 1 saturated carbocycles. The van der Waals surface area contributed by atoms with E-state index in [0.717, 1.165) is 4.57 Å². The SMILES string of the molecule is CC(Oc1nc2c(c(=O)n(C)c(=O)n2C)n1C)C1CCCCC1. The Bertz CT molecular complexity index is 840. The highest BCUT2D eigenvalue weighted by Gasteiger charge is 2.24. The van der Waals surface area contributed by atoms with Crippen molar-refractivity contribution in [2.75, 3.05) is 0 Å². The first kappa shape index (κ1) is 15.8. The van der Waals surface area contributed by atoms with Crippen LogP contribution in [0.15, 0.2) is 9.59 Å². The quantitative estimate of drug-likeness (QED) is 0.855. The average Bonchev–Trinajstić information content (AvgIpc) is 2.88. The molecule has 7 nitrogen and oxygen atoms in total. The summed E-state index contributed by atoms with van der Waals surface area (Å²) in [7, 11) is 4.85. The second-order valence-electron chi connectivity index (χ2n) is 6.55. The van der Waals surface area contributed by atoms with Crippen LogP contribution in [0.5, 0.6) is 6.01 Å². The first-order valence-corrected chi connectivity index (χ1v) is 8.21. The van der Waals surface area contributed by atoms with Crippen molar-refractivity contribution >= 4 is 11.2 Å². The van der Waals surface area contributed by atoms with E-state index >= 15 is 0 Å². The van der Waals surface area contributed by atoms with Crippen molar-refractivity contribution in [3.05, 3.63) is 20.8 Å². The van der Waals surface area contributed by atoms with Crippen LogP contribution in [-0.2, 0) is 21.1 Å². The topological polar surface area (TPSA) is 71.1 Å². The zero-order chi connectivity index (χ0) is 16.7. The van der Waals surface area contributed by atoms with E-state index in [9.17, 15) is 9.59 Å². The van der Waals surface area contributed by atoms with Gasteiger partial charge >= 0.3 is 5.69 Å². The fourth-order valence-electron chi connectivity index (χ4n) is 3.47. The van der Waals surface area contributed by atoms with Crippen molar-refractivity contribution in [1.82, 2.24) is 18.7 Å². The fourth-order valence-corrected chi connectivity index (χ4v) is 3.47. The Morgan fingerprint density at radius 2 is 1.70 bits per heavy atom. The van der Waals surface area contributed by atoms with E-state index in [1.165, 1.54) is 43.7 Å². The molecule has 0 radical (unpaired) electrons. The van der Waals surface area contributed by atoms with Crippen LogP contribution in [0.2, 0.25) is 0 Å². The number of imidazole rings is 1. The Morgan fingerprint density at radius 1 is 1.04 bits per heavy atom. The average molecular weight is 320 g/mol. The second kappa shape index (κ2) is 5.86. The normalized spacial score (nSPS) is 17.6. The molecule has 126 valence electrons. The zero-order valence-corrected chi connectivity index (χ0v) is 14.2. The van der Waals surface area contributed by atoms with Gasteiger partial charge in [-0.15, -0.1) is 0 Å². The standard InChI is InChI=1S/C16H24N4O3/c1-10(11-8-6-5-7-9-11)23-15-17-13-12(18(15)2)14(21)20(4)16(22)19(13)3/h10-11H,5-9H2,1-4H3. The Morgan fingerprint density at radius 3 is 2.35 bits per heavy atom. The number of hydrogen-bond acceptors (Lipinski definition) is 4. The third-order valence-electron chi connectivity index (χ3n) is 5.04. The van der Waals surface area contributed by atoms with E-state index in [1.54, 1.807) is 18.7 Å². The third kappa shape index (κ3) is 2.58. The summed E-state index contributed by atoms with van der Waals surface area (Å²) >= 11 is 0. The number of nitrogens with zero attached hydrogens (tertiary/aromatic N) is 4. The van der Waals surface area contributed by atoms with Crippen LogP contribution in [-0.4, -0.2) is 24.8 Å². The molecule has 2 heterocycles. The van der Waals surface area contributed by atoms with Gasteiger partial charge < -0.3 is 4.74 Å². The Kier molecular flexibility index (Phi) is 4.04. The van der Waals surface area contributed by atoms with Gasteiger partial charge in [-0.25, -0.2) is 4.79 Å². The maximum absolute atomic E-state index is 12.4. The number of hydrogen-bond donors (Lipinski definition) is 0. The summed E-state index contributed by atoms with van der Waals surface area (Å²) < 4.78 is 10.2. The molecule has 0 N–H and O–H groups in total. The summed E-state index contributed by atoms with van der Waals surface area (Å²) in [6.45, 7) is 2.06. The number of aryl methyl sites for hydroxylation is 2. The van der Waals surface area contributed by atoms with E-state index in [0.29, 0.717) is 23.1 Å². The van der Waals surface area contributed by atoms with Gasteiger partial charge in [0.1, 0.15) is 6.10 Å². The van der Waals surface area contributed by atoms with Gasteiger partial charge in [0.05, 0.1) is 0 Å². The van der Waals surface area contributed by atoms with Crippen molar-refractivity contribution in [2.45, 2.75) is 45.1 Å². The Labute approximate surface area is 134 Å². The fraction of sp³-hybridized carbons (Fsp3) is 0.688. The number of aromatic nitrogens is 4. The summed E-state index contributed by atoms with van der Waals surface area (Å²) in [6.07, 6.45) is 6.18. The first-order chi connectivity index (χ1) is 10.9. The molecule has 1 aliphatic carbocycles. The predicted molar refractivity (Wildman–Crippen MR) is 87.9 cm³/mol. The number of ether oxygens (including phenoxy) is 1. The zero-order valence-electron chi connectivity index (χ0n) is 14.2. The lowest BCUT2D eigenvalue weighted by molar-refractivity contribution is 0.110. The molecule has 1 unspecified atom stereocenters. The molecule has 23 heavy (non-hydrogen) atoms. The van der Waals surface area contributed by atoms with Crippen LogP contribution in [0.3, 0.4) is 0 Å². The van der Waals surface area contributed by atoms with Crippen LogP contribution < -0.4 is 16.0 Å². The summed E-state index contributed by atoms with van der Waals surface area (Å²) in [4.78, 5) is 28.8. The van der Waals surface area contributed by atoms with Gasteiger partial charge in [0.25, 0.3) is 11.6 Å². The van der Waals surface area contributed by atoms with Crippen LogP contribution in [0.4, 0.5) is 0 Å². The molecule has 0 amide bonds. The van der Waals surface area contributed by atoms with Crippen molar-refractivity contribution < 1.29 is 4.74 Å². The van der Waals surface area contributed by atoms with Crippen LogP contribution >= 0.6 is 0 Å². The smallest absolute Gasteiger partial charge is 0.332 e. The van der Waals surface area contributed by atoms with Crippen LogP contribution in [0.1, 0.15) is 39.0 Å². The van der Waals surface area contributed by atoms with E-state index in [4.69, 9.17) is 4.74 Å². The minimum Gasteiger partial charge on any atom is -0.461 e. The highest BCUT2D eigenvalue weighted by atomic mass is 16.5. The summed E-state index contributed by atoms with van der Waals surface area (Å²) in [5.41, 5.74) is 0.0256. The van der Waals surface area contributed by atoms with Gasteiger partial charge in [0.2, 0.25) is 0 Å². The third-order valence-corrected chi connectivity index (χ3v) is 5.04. The molecule has 2 aromatic heterocycles. The van der Waals surface area contributed by atoms with Gasteiger partial charge in [-0.05, 0) is 25.7 Å². The minimum absolute atomic E-state index is 0.0479. The molecule has 0 aromatic carbocycles. The predicted octanol–water partition coefficient (Wildman–Crippen LogP) is 1.32. The second-order valence-corrected chi connectivity index (χ2v) is 6.55. The lowest BCUT2D eigenvalue weighted by Crippen LogP contribution is -2.37. The number of fused-ring (bicyclic) bond motifs is 1. The van der Waals surface area contributed by atoms with Crippen molar-refractivity contribution in [3.8, 4) is 6.01 Å². The van der Waals surface area contributed by atoms with Gasteiger partial charge in [-0.3, -0.25) is 18.5 Å². The van der Waals surface area contributed by atoms with Crippen molar-refractivity contribution in [1.29, 1.82) is 0 Å². The molecule has 0 spiro atoms. The van der Waals surface area contributed by atoms with Gasteiger partial charge in [0, 0.05) is 21.1 Å². The molecule has 0 bridgehead atoms. The molecule has 0 aliphatic heterocycles. The largest absolute Gasteiger partial charge is 0.461 e. The van der Waals surface area contributed by atoms with E-state index in [1.807, 2.05) is 0 Å². The van der Waals surface area contributed by atoms with E-state index < -0.39 is 0 Å². The molecule has 0 saturated heterocycles. The molecule has 1 fully saturated rings. The molecule has 1 aliphatic rings. The molecule has 2 aromatic rings. The maximum Gasteiger partial charge on any atom is 0.332 e. The lowest BCUT2D eigenvalue weighted by atomic mass is 9.86. The molecular formula is C16H24N4O3. The maximum atomic E-state index is 12.4. The Balaban J connectivity index is 2.01.